The number of aromatic nitrogens is 1. The van der Waals surface area contributed by atoms with E-state index in [1.165, 1.54) is 12.1 Å². The molecule has 3 rings (SSSR count). The molecule has 1 heterocycles. The Hall–Kier alpha value is -3.22. The second-order valence-electron chi connectivity index (χ2n) is 5.00. The molecule has 0 aliphatic carbocycles. The SMILES string of the molecule is NC(=O)c1cc(-c2ccc(OCc3ccc(F)c(F)c3)cc2)no1. The molecule has 2 N–H and O–H groups in total. The van der Waals surface area contributed by atoms with Crippen LogP contribution in [0.25, 0.3) is 11.3 Å². The van der Waals surface area contributed by atoms with E-state index in [1.54, 1.807) is 24.3 Å². The summed E-state index contributed by atoms with van der Waals surface area (Å²) < 4.78 is 36.3. The normalized spacial score (nSPS) is 10.6. The molecule has 0 aliphatic rings. The van der Waals surface area contributed by atoms with Crippen LogP contribution in [0.1, 0.15) is 16.1 Å². The summed E-state index contributed by atoms with van der Waals surface area (Å²) in [6, 6.07) is 11.9. The number of hydrogen-bond donors (Lipinski definition) is 1. The van der Waals surface area contributed by atoms with Crippen LogP contribution in [-0.4, -0.2) is 11.1 Å². The standard InChI is InChI=1S/C17H12F2N2O3/c18-13-6-1-10(7-14(13)19)9-23-12-4-2-11(3-5-12)15-8-16(17(20)22)24-21-15/h1-8H,9H2,(H2,20,22). The first-order chi connectivity index (χ1) is 11.5. The number of carbonyl (C=O) groups is 1. The molecular formula is C17H12F2N2O3. The molecular weight excluding hydrogens is 318 g/mol. The highest BCUT2D eigenvalue weighted by molar-refractivity contribution is 5.90. The quantitative estimate of drug-likeness (QED) is 0.778. The summed E-state index contributed by atoms with van der Waals surface area (Å²) in [5.74, 6) is -1.99. The minimum atomic E-state index is -0.914. The van der Waals surface area contributed by atoms with E-state index >= 15 is 0 Å². The fraction of sp³-hybridized carbons (Fsp3) is 0.0588. The van der Waals surface area contributed by atoms with Crippen LogP contribution in [0.3, 0.4) is 0 Å². The third-order valence-electron chi connectivity index (χ3n) is 3.29. The van der Waals surface area contributed by atoms with Crippen molar-refractivity contribution in [1.29, 1.82) is 0 Å². The molecule has 2 aromatic carbocycles. The first kappa shape index (κ1) is 15.7. The van der Waals surface area contributed by atoms with Gasteiger partial charge in [0, 0.05) is 11.6 Å². The number of carbonyl (C=O) groups excluding carboxylic acids is 1. The van der Waals surface area contributed by atoms with Crippen molar-refractivity contribution in [3.8, 4) is 17.0 Å². The summed E-state index contributed by atoms with van der Waals surface area (Å²) in [4.78, 5) is 11.0. The van der Waals surface area contributed by atoms with E-state index < -0.39 is 17.5 Å². The Morgan fingerprint density at radius 1 is 1.08 bits per heavy atom. The summed E-state index contributed by atoms with van der Waals surface area (Å²) in [7, 11) is 0. The Morgan fingerprint density at radius 3 is 2.46 bits per heavy atom. The molecule has 0 aliphatic heterocycles. The van der Waals surface area contributed by atoms with Gasteiger partial charge in [-0.2, -0.15) is 0 Å². The van der Waals surface area contributed by atoms with Crippen LogP contribution < -0.4 is 10.5 Å². The third-order valence-corrected chi connectivity index (χ3v) is 3.29. The van der Waals surface area contributed by atoms with Gasteiger partial charge in [0.05, 0.1) is 0 Å². The summed E-state index contributed by atoms with van der Waals surface area (Å²) in [6.07, 6.45) is 0. The lowest BCUT2D eigenvalue weighted by Gasteiger charge is -2.07. The van der Waals surface area contributed by atoms with Crippen molar-refractivity contribution in [2.45, 2.75) is 6.61 Å². The molecule has 0 atom stereocenters. The zero-order chi connectivity index (χ0) is 17.1. The third kappa shape index (κ3) is 3.40. The average Bonchev–Trinajstić information content (AvgIpc) is 3.07. The van der Waals surface area contributed by atoms with Gasteiger partial charge in [0.1, 0.15) is 18.1 Å². The van der Waals surface area contributed by atoms with Crippen molar-refractivity contribution >= 4 is 5.91 Å². The van der Waals surface area contributed by atoms with Crippen LogP contribution in [0.5, 0.6) is 5.75 Å². The second-order valence-corrected chi connectivity index (χ2v) is 5.00. The molecule has 0 spiro atoms. The smallest absolute Gasteiger partial charge is 0.287 e. The van der Waals surface area contributed by atoms with Gasteiger partial charge in [-0.3, -0.25) is 4.79 Å². The molecule has 0 bridgehead atoms. The van der Waals surface area contributed by atoms with Gasteiger partial charge in [0.2, 0.25) is 5.76 Å². The van der Waals surface area contributed by atoms with E-state index in [0.29, 0.717) is 22.6 Å². The number of rotatable bonds is 5. The van der Waals surface area contributed by atoms with Crippen LogP contribution in [0.4, 0.5) is 8.78 Å². The van der Waals surface area contributed by atoms with Crippen LogP contribution in [0, 0.1) is 11.6 Å². The molecule has 3 aromatic rings. The predicted molar refractivity (Wildman–Crippen MR) is 81.1 cm³/mol. The predicted octanol–water partition coefficient (Wildman–Crippen LogP) is 3.30. The van der Waals surface area contributed by atoms with Gasteiger partial charge in [-0.15, -0.1) is 0 Å². The maximum Gasteiger partial charge on any atom is 0.287 e. The van der Waals surface area contributed by atoms with Crippen LogP contribution >= 0.6 is 0 Å². The van der Waals surface area contributed by atoms with Crippen molar-refractivity contribution in [1.82, 2.24) is 5.16 Å². The highest BCUT2D eigenvalue weighted by Gasteiger charge is 2.10. The molecule has 0 saturated carbocycles. The van der Waals surface area contributed by atoms with Crippen molar-refractivity contribution in [2.24, 2.45) is 5.73 Å². The van der Waals surface area contributed by atoms with Crippen molar-refractivity contribution in [3.63, 3.8) is 0 Å². The van der Waals surface area contributed by atoms with E-state index in [-0.39, 0.29) is 12.4 Å². The Kier molecular flexibility index (Phi) is 4.24. The van der Waals surface area contributed by atoms with Crippen molar-refractivity contribution < 1.29 is 22.8 Å². The van der Waals surface area contributed by atoms with Crippen molar-refractivity contribution in [2.75, 3.05) is 0 Å². The molecule has 24 heavy (non-hydrogen) atoms. The lowest BCUT2D eigenvalue weighted by molar-refractivity contribution is 0.0965. The fourth-order valence-electron chi connectivity index (χ4n) is 2.05. The monoisotopic (exact) mass is 330 g/mol. The zero-order valence-corrected chi connectivity index (χ0v) is 12.3. The largest absolute Gasteiger partial charge is 0.489 e. The maximum absolute atomic E-state index is 13.1. The topological polar surface area (TPSA) is 78.4 Å². The lowest BCUT2D eigenvalue weighted by Crippen LogP contribution is -2.09. The van der Waals surface area contributed by atoms with Gasteiger partial charge in [0.15, 0.2) is 11.6 Å². The lowest BCUT2D eigenvalue weighted by atomic mass is 10.1. The summed E-state index contributed by atoms with van der Waals surface area (Å²) in [6.45, 7) is 0.104. The van der Waals surface area contributed by atoms with E-state index in [1.807, 2.05) is 0 Å². The number of amides is 1. The first-order valence-corrected chi connectivity index (χ1v) is 6.96. The summed E-state index contributed by atoms with van der Waals surface area (Å²) in [5.41, 5.74) is 6.80. The van der Waals surface area contributed by atoms with Crippen molar-refractivity contribution in [3.05, 3.63) is 71.5 Å². The maximum atomic E-state index is 13.1. The Balaban J connectivity index is 1.67. The average molecular weight is 330 g/mol. The highest BCUT2D eigenvalue weighted by Crippen LogP contribution is 2.23. The van der Waals surface area contributed by atoms with Crippen LogP contribution in [0.2, 0.25) is 0 Å². The van der Waals surface area contributed by atoms with E-state index in [2.05, 4.69) is 5.16 Å². The fourth-order valence-corrected chi connectivity index (χ4v) is 2.05. The number of ether oxygens (including phenoxy) is 1. The first-order valence-electron chi connectivity index (χ1n) is 6.96. The zero-order valence-electron chi connectivity index (χ0n) is 12.3. The highest BCUT2D eigenvalue weighted by atomic mass is 19.2. The van der Waals surface area contributed by atoms with Gasteiger partial charge in [-0.1, -0.05) is 11.2 Å². The number of primary amides is 1. The Labute approximate surface area is 135 Å². The molecule has 5 nitrogen and oxygen atoms in total. The number of nitrogens with two attached hydrogens (primary N) is 1. The molecule has 0 saturated heterocycles. The van der Waals surface area contributed by atoms with E-state index in [0.717, 1.165) is 12.1 Å². The molecule has 0 fully saturated rings. The molecule has 1 amide bonds. The van der Waals surface area contributed by atoms with Gasteiger partial charge < -0.3 is 15.0 Å². The van der Waals surface area contributed by atoms with E-state index in [9.17, 15) is 13.6 Å². The molecule has 122 valence electrons. The molecule has 0 radical (unpaired) electrons. The molecule has 7 heteroatoms. The van der Waals surface area contributed by atoms with Gasteiger partial charge in [-0.25, -0.2) is 8.78 Å². The molecule has 0 unspecified atom stereocenters. The number of nitrogens with zero attached hydrogens (tertiary/aromatic N) is 1. The Bertz CT molecular complexity index is 876. The van der Waals surface area contributed by atoms with Crippen LogP contribution in [0.15, 0.2) is 53.1 Å². The molecule has 1 aromatic heterocycles. The van der Waals surface area contributed by atoms with Crippen LogP contribution in [-0.2, 0) is 6.61 Å². The van der Waals surface area contributed by atoms with Gasteiger partial charge in [0.25, 0.3) is 5.91 Å². The summed E-state index contributed by atoms with van der Waals surface area (Å²) >= 11 is 0. The Morgan fingerprint density at radius 2 is 1.83 bits per heavy atom. The van der Waals surface area contributed by atoms with Gasteiger partial charge in [-0.05, 0) is 42.0 Å². The minimum absolute atomic E-state index is 0.0244. The van der Waals surface area contributed by atoms with Gasteiger partial charge >= 0.3 is 0 Å². The number of halogens is 2. The summed E-state index contributed by atoms with van der Waals surface area (Å²) in [5, 5.41) is 3.76. The number of benzene rings is 2. The second kappa shape index (κ2) is 6.49. The minimum Gasteiger partial charge on any atom is -0.489 e. The van der Waals surface area contributed by atoms with E-state index in [4.69, 9.17) is 15.0 Å². The number of hydrogen-bond acceptors (Lipinski definition) is 4.